The van der Waals surface area contributed by atoms with Crippen LogP contribution in [0.5, 0.6) is 0 Å². The normalized spacial score (nSPS) is 14.8. The molecule has 7 heteroatoms. The summed E-state index contributed by atoms with van der Waals surface area (Å²) >= 11 is 0. The van der Waals surface area contributed by atoms with Crippen LogP contribution in [-0.4, -0.2) is 20.6 Å². The molecule has 1 fully saturated rings. The van der Waals surface area contributed by atoms with Gasteiger partial charge in [-0.05, 0) is 25.3 Å². The van der Waals surface area contributed by atoms with Gasteiger partial charge < -0.3 is 14.4 Å². The van der Waals surface area contributed by atoms with Gasteiger partial charge in [0, 0.05) is 37.6 Å². The number of nitrogens with zero attached hydrogens (tertiary/aromatic N) is 3. The van der Waals surface area contributed by atoms with Crippen LogP contribution in [0.25, 0.3) is 0 Å². The van der Waals surface area contributed by atoms with Crippen LogP contribution in [0.3, 0.4) is 0 Å². The van der Waals surface area contributed by atoms with Crippen LogP contribution in [0, 0.1) is 0 Å². The minimum absolute atomic E-state index is 0.0647. The molecule has 0 bridgehead atoms. The Labute approximate surface area is 146 Å². The summed E-state index contributed by atoms with van der Waals surface area (Å²) in [5.74, 6) is 1.56. The van der Waals surface area contributed by atoms with Gasteiger partial charge in [0.1, 0.15) is 0 Å². The van der Waals surface area contributed by atoms with Gasteiger partial charge in [0.05, 0.1) is 5.69 Å². The molecule has 7 nitrogen and oxygen atoms in total. The van der Waals surface area contributed by atoms with Crippen LogP contribution in [0.1, 0.15) is 63.1 Å². The van der Waals surface area contributed by atoms with E-state index in [1.807, 2.05) is 6.92 Å². The number of carbonyl (C=O) groups excluding carboxylic acids is 1. The van der Waals surface area contributed by atoms with Gasteiger partial charge in [-0.25, -0.2) is 0 Å². The molecule has 1 N–H and O–H groups in total. The van der Waals surface area contributed by atoms with E-state index in [1.165, 1.54) is 18.9 Å². The summed E-state index contributed by atoms with van der Waals surface area (Å²) in [7, 11) is 0. The van der Waals surface area contributed by atoms with E-state index in [2.05, 4.69) is 15.5 Å². The molecule has 2 aromatic heterocycles. The molecule has 1 aliphatic carbocycles. The Kier molecular flexibility index (Phi) is 5.63. The Morgan fingerprint density at radius 2 is 2.16 bits per heavy atom. The zero-order valence-electron chi connectivity index (χ0n) is 14.5. The van der Waals surface area contributed by atoms with Crippen molar-refractivity contribution in [2.45, 2.75) is 64.3 Å². The van der Waals surface area contributed by atoms with Crippen molar-refractivity contribution >= 4 is 11.6 Å². The van der Waals surface area contributed by atoms with E-state index >= 15 is 0 Å². The van der Waals surface area contributed by atoms with Gasteiger partial charge in [-0.3, -0.25) is 9.59 Å². The van der Waals surface area contributed by atoms with Crippen LogP contribution in [0.15, 0.2) is 27.6 Å². The number of amides is 1. The zero-order valence-corrected chi connectivity index (χ0v) is 14.5. The summed E-state index contributed by atoms with van der Waals surface area (Å²) in [6.07, 6.45) is 7.89. The number of aromatic nitrogens is 3. The predicted molar refractivity (Wildman–Crippen MR) is 93.5 cm³/mol. The second-order valence-corrected chi connectivity index (χ2v) is 6.53. The van der Waals surface area contributed by atoms with Crippen LogP contribution in [-0.2, 0) is 17.8 Å². The average Bonchev–Trinajstić information content (AvgIpc) is 3.27. The molecule has 3 rings (SSSR count). The summed E-state index contributed by atoms with van der Waals surface area (Å²) in [6.45, 7) is 2.64. The molecule has 2 heterocycles. The van der Waals surface area contributed by atoms with Gasteiger partial charge in [0.2, 0.25) is 11.8 Å². The molecule has 0 radical (unpaired) electrons. The molecule has 0 saturated heterocycles. The Hall–Kier alpha value is -2.44. The van der Waals surface area contributed by atoms with Gasteiger partial charge in [-0.15, -0.1) is 0 Å². The van der Waals surface area contributed by atoms with E-state index in [-0.39, 0.29) is 17.9 Å². The number of hydrogen-bond acceptors (Lipinski definition) is 5. The van der Waals surface area contributed by atoms with Crippen LogP contribution in [0.2, 0.25) is 0 Å². The van der Waals surface area contributed by atoms with Crippen molar-refractivity contribution in [3.63, 3.8) is 0 Å². The lowest BCUT2D eigenvalue weighted by molar-refractivity contribution is -0.116. The van der Waals surface area contributed by atoms with Gasteiger partial charge >= 0.3 is 0 Å². The highest BCUT2D eigenvalue weighted by Gasteiger charge is 2.22. The molecule has 0 aromatic carbocycles. The van der Waals surface area contributed by atoms with Gasteiger partial charge in [-0.1, -0.05) is 24.9 Å². The summed E-state index contributed by atoms with van der Waals surface area (Å²) in [5, 5.41) is 6.86. The third-order valence-electron chi connectivity index (χ3n) is 4.50. The Bertz CT molecular complexity index is 775. The van der Waals surface area contributed by atoms with Crippen molar-refractivity contribution in [2.24, 2.45) is 0 Å². The van der Waals surface area contributed by atoms with Gasteiger partial charge in [-0.2, -0.15) is 4.98 Å². The van der Waals surface area contributed by atoms with Crippen LogP contribution >= 0.6 is 0 Å². The fraction of sp³-hybridized carbons (Fsp3) is 0.556. The fourth-order valence-electron chi connectivity index (χ4n) is 3.18. The number of carbonyl (C=O) groups is 1. The van der Waals surface area contributed by atoms with Crippen molar-refractivity contribution in [3.8, 4) is 0 Å². The Morgan fingerprint density at radius 3 is 2.92 bits per heavy atom. The van der Waals surface area contributed by atoms with E-state index in [0.717, 1.165) is 25.1 Å². The first-order valence-electron chi connectivity index (χ1n) is 8.98. The van der Waals surface area contributed by atoms with Gasteiger partial charge in [0.15, 0.2) is 5.82 Å². The van der Waals surface area contributed by atoms with E-state index in [1.54, 1.807) is 16.8 Å². The minimum Gasteiger partial charge on any atom is -0.339 e. The lowest BCUT2D eigenvalue weighted by atomic mass is 10.1. The molecule has 25 heavy (non-hydrogen) atoms. The number of aryl methyl sites for hydroxylation is 2. The van der Waals surface area contributed by atoms with Crippen molar-refractivity contribution in [3.05, 3.63) is 40.4 Å². The molecular weight excluding hydrogens is 320 g/mol. The summed E-state index contributed by atoms with van der Waals surface area (Å²) in [5.41, 5.74) is 0.556. The van der Waals surface area contributed by atoms with Crippen molar-refractivity contribution in [1.82, 2.24) is 14.7 Å². The average molecular weight is 344 g/mol. The van der Waals surface area contributed by atoms with E-state index in [0.29, 0.717) is 30.5 Å². The molecule has 1 amide bonds. The van der Waals surface area contributed by atoms with Gasteiger partial charge in [0.25, 0.3) is 5.56 Å². The molecule has 0 atom stereocenters. The maximum Gasteiger partial charge on any atom is 0.250 e. The van der Waals surface area contributed by atoms with Crippen molar-refractivity contribution in [1.29, 1.82) is 0 Å². The third-order valence-corrected chi connectivity index (χ3v) is 4.50. The molecule has 0 unspecified atom stereocenters. The fourth-order valence-corrected chi connectivity index (χ4v) is 3.18. The Balaban J connectivity index is 1.53. The smallest absolute Gasteiger partial charge is 0.250 e. The number of nitrogens with one attached hydrogen (secondary N) is 1. The molecule has 1 saturated carbocycles. The highest BCUT2D eigenvalue weighted by Crippen LogP contribution is 2.32. The molecule has 2 aromatic rings. The number of rotatable bonds is 7. The topological polar surface area (TPSA) is 90.0 Å². The maximum atomic E-state index is 12.1. The largest absolute Gasteiger partial charge is 0.339 e. The quantitative estimate of drug-likeness (QED) is 0.834. The number of pyridine rings is 1. The highest BCUT2D eigenvalue weighted by atomic mass is 16.5. The van der Waals surface area contributed by atoms with Crippen LogP contribution < -0.4 is 10.9 Å². The Morgan fingerprint density at radius 1 is 1.36 bits per heavy atom. The lowest BCUT2D eigenvalue weighted by Crippen LogP contribution is -2.20. The van der Waals surface area contributed by atoms with E-state index in [4.69, 9.17) is 4.52 Å². The van der Waals surface area contributed by atoms with Crippen molar-refractivity contribution < 1.29 is 9.32 Å². The van der Waals surface area contributed by atoms with E-state index < -0.39 is 0 Å². The maximum absolute atomic E-state index is 12.1. The second kappa shape index (κ2) is 8.09. The number of anilines is 1. The van der Waals surface area contributed by atoms with Crippen molar-refractivity contribution in [2.75, 3.05) is 5.32 Å². The molecule has 0 spiro atoms. The molecule has 134 valence electrons. The summed E-state index contributed by atoms with van der Waals surface area (Å²) < 4.78 is 6.86. The molecule has 0 aliphatic heterocycles. The first-order valence-corrected chi connectivity index (χ1v) is 8.98. The first-order chi connectivity index (χ1) is 12.2. The predicted octanol–water partition coefficient (Wildman–Crippen LogP) is 2.87. The summed E-state index contributed by atoms with van der Waals surface area (Å²) in [4.78, 5) is 28.2. The van der Waals surface area contributed by atoms with Crippen LogP contribution in [0.4, 0.5) is 5.69 Å². The molecule has 1 aliphatic rings. The zero-order chi connectivity index (χ0) is 17.6. The minimum atomic E-state index is -0.137. The number of hydrogen-bond donors (Lipinski definition) is 1. The first kappa shape index (κ1) is 17.4. The second-order valence-electron chi connectivity index (χ2n) is 6.53. The summed E-state index contributed by atoms with van der Waals surface area (Å²) in [6, 6.07) is 3.09. The third kappa shape index (κ3) is 4.55. The SMILES string of the molecule is CCCn1cc(NC(=O)CCc2nc(C3CCCC3)no2)ccc1=O. The standard InChI is InChI=1S/C18H24N4O3/c1-2-11-22-12-14(7-10-17(22)24)19-15(23)8-9-16-20-18(21-25-16)13-5-3-4-6-13/h7,10,12-13H,2-6,8-9,11H2,1H3,(H,19,23). The monoisotopic (exact) mass is 344 g/mol. The highest BCUT2D eigenvalue weighted by molar-refractivity contribution is 5.90. The lowest BCUT2D eigenvalue weighted by Gasteiger charge is -2.08. The van der Waals surface area contributed by atoms with E-state index in [9.17, 15) is 9.59 Å². The molecular formula is C18H24N4O3.